The topological polar surface area (TPSA) is 57.7 Å². The predicted molar refractivity (Wildman–Crippen MR) is 64.9 cm³/mol. The maximum Gasteiger partial charge on any atom is 0.230 e. The number of amides is 1. The van der Waals surface area contributed by atoms with Crippen LogP contribution in [0.1, 0.15) is 26.7 Å². The lowest BCUT2D eigenvalue weighted by Gasteiger charge is -2.25. The van der Waals surface area contributed by atoms with E-state index in [-0.39, 0.29) is 11.9 Å². The van der Waals surface area contributed by atoms with Gasteiger partial charge < -0.3 is 4.90 Å². The number of hydrogen-bond acceptors (Lipinski definition) is 3. The Kier molecular flexibility index (Phi) is 2.98. The highest BCUT2D eigenvalue weighted by Gasteiger charge is 2.52. The normalized spacial score (nSPS) is 31.1. The minimum absolute atomic E-state index is 0.138. The Balaban J connectivity index is 2.17. The van der Waals surface area contributed by atoms with Crippen LogP contribution in [0.3, 0.4) is 0 Å². The fraction of sp³-hybridized carbons (Fsp3) is 0.909. The van der Waals surface area contributed by atoms with E-state index in [4.69, 9.17) is 0 Å². The highest BCUT2D eigenvalue weighted by atomic mass is 32.2. The third-order valence-corrected chi connectivity index (χ3v) is 5.21. The van der Waals surface area contributed by atoms with E-state index >= 15 is 0 Å². The molecule has 98 valence electrons. The molecule has 0 bridgehead atoms. The molecule has 1 atom stereocenters. The minimum Gasteiger partial charge on any atom is -0.340 e. The third kappa shape index (κ3) is 2.08. The molecule has 2 heterocycles. The molecule has 2 fully saturated rings. The number of carbonyl (C=O) groups excluding carboxylic acids is 1. The van der Waals surface area contributed by atoms with Crippen LogP contribution >= 0.6 is 0 Å². The molecule has 1 unspecified atom stereocenters. The Labute approximate surface area is 103 Å². The summed E-state index contributed by atoms with van der Waals surface area (Å²) in [5, 5.41) is 0. The van der Waals surface area contributed by atoms with Crippen LogP contribution in [0.4, 0.5) is 0 Å². The Hall–Kier alpha value is -0.620. The van der Waals surface area contributed by atoms with Crippen LogP contribution in [0.25, 0.3) is 0 Å². The number of hydrogen-bond donors (Lipinski definition) is 0. The maximum absolute atomic E-state index is 12.3. The summed E-state index contributed by atoms with van der Waals surface area (Å²) in [6.07, 6.45) is 2.67. The molecule has 0 aromatic rings. The van der Waals surface area contributed by atoms with Gasteiger partial charge in [-0.25, -0.2) is 12.7 Å². The third-order valence-electron chi connectivity index (χ3n) is 3.96. The van der Waals surface area contributed by atoms with Crippen molar-refractivity contribution in [2.24, 2.45) is 5.41 Å². The van der Waals surface area contributed by atoms with Gasteiger partial charge in [0, 0.05) is 25.7 Å². The van der Waals surface area contributed by atoms with E-state index < -0.39 is 15.4 Å². The molecule has 6 heteroatoms. The molecule has 2 aliphatic rings. The lowest BCUT2D eigenvalue weighted by Crippen LogP contribution is -2.40. The summed E-state index contributed by atoms with van der Waals surface area (Å²) in [6.45, 7) is 5.61. The highest BCUT2D eigenvalue weighted by Crippen LogP contribution is 2.41. The van der Waals surface area contributed by atoms with Gasteiger partial charge in [0.1, 0.15) is 0 Å². The van der Waals surface area contributed by atoms with Crippen LogP contribution in [0, 0.1) is 5.41 Å². The first kappa shape index (κ1) is 12.8. The SMILES string of the molecule is CC(C)N1CCC2(CCN(S(C)(=O)=O)C2)C1=O. The van der Waals surface area contributed by atoms with E-state index in [1.165, 1.54) is 10.6 Å². The van der Waals surface area contributed by atoms with E-state index in [2.05, 4.69) is 0 Å². The summed E-state index contributed by atoms with van der Waals surface area (Å²) in [5.74, 6) is 0.138. The lowest BCUT2D eigenvalue weighted by molar-refractivity contribution is -0.136. The van der Waals surface area contributed by atoms with Crippen molar-refractivity contribution in [2.75, 3.05) is 25.9 Å². The maximum atomic E-state index is 12.3. The quantitative estimate of drug-likeness (QED) is 0.716. The molecule has 2 rings (SSSR count). The molecule has 2 saturated heterocycles. The second kappa shape index (κ2) is 3.95. The number of rotatable bonds is 2. The van der Waals surface area contributed by atoms with Crippen LogP contribution in [-0.2, 0) is 14.8 Å². The van der Waals surface area contributed by atoms with Gasteiger partial charge in [0.25, 0.3) is 0 Å². The molecule has 5 nitrogen and oxygen atoms in total. The smallest absolute Gasteiger partial charge is 0.230 e. The summed E-state index contributed by atoms with van der Waals surface area (Å²) in [5.41, 5.74) is -0.437. The Morgan fingerprint density at radius 2 is 1.82 bits per heavy atom. The molecule has 17 heavy (non-hydrogen) atoms. The van der Waals surface area contributed by atoms with E-state index in [0.29, 0.717) is 19.5 Å². The average Bonchev–Trinajstić information content (AvgIpc) is 2.74. The minimum atomic E-state index is -3.16. The zero-order chi connectivity index (χ0) is 12.8. The van der Waals surface area contributed by atoms with E-state index in [1.807, 2.05) is 18.7 Å². The molecule has 1 amide bonds. The summed E-state index contributed by atoms with van der Waals surface area (Å²) in [7, 11) is -3.16. The van der Waals surface area contributed by atoms with Gasteiger partial charge in [-0.3, -0.25) is 4.79 Å². The molecule has 0 N–H and O–H groups in total. The van der Waals surface area contributed by atoms with Crippen molar-refractivity contribution in [3.05, 3.63) is 0 Å². The number of sulfonamides is 1. The summed E-state index contributed by atoms with van der Waals surface area (Å²) >= 11 is 0. The molecule has 0 saturated carbocycles. The fourth-order valence-electron chi connectivity index (χ4n) is 2.84. The molecular formula is C11H20N2O3S. The Morgan fingerprint density at radius 3 is 2.24 bits per heavy atom. The molecular weight excluding hydrogens is 240 g/mol. The highest BCUT2D eigenvalue weighted by molar-refractivity contribution is 7.88. The summed E-state index contributed by atoms with van der Waals surface area (Å²) < 4.78 is 24.4. The molecule has 0 aromatic heterocycles. The number of nitrogens with zero attached hydrogens (tertiary/aromatic N) is 2. The van der Waals surface area contributed by atoms with Gasteiger partial charge in [-0.2, -0.15) is 0 Å². The summed E-state index contributed by atoms with van der Waals surface area (Å²) in [4.78, 5) is 14.2. The van der Waals surface area contributed by atoms with E-state index in [9.17, 15) is 13.2 Å². The number of carbonyl (C=O) groups is 1. The van der Waals surface area contributed by atoms with Crippen molar-refractivity contribution < 1.29 is 13.2 Å². The predicted octanol–water partition coefficient (Wildman–Crippen LogP) is 0.279. The standard InChI is InChI=1S/C11H20N2O3S/c1-9(2)13-7-5-11(10(13)14)4-6-12(8-11)17(3,15)16/h9H,4-8H2,1-3H3. The van der Waals surface area contributed by atoms with Gasteiger partial charge in [0.2, 0.25) is 15.9 Å². The van der Waals surface area contributed by atoms with Crippen LogP contribution in [0.15, 0.2) is 0 Å². The van der Waals surface area contributed by atoms with Crippen LogP contribution in [-0.4, -0.2) is 55.5 Å². The largest absolute Gasteiger partial charge is 0.340 e. The van der Waals surface area contributed by atoms with Gasteiger partial charge >= 0.3 is 0 Å². The van der Waals surface area contributed by atoms with Crippen molar-refractivity contribution in [1.29, 1.82) is 0 Å². The van der Waals surface area contributed by atoms with E-state index in [1.54, 1.807) is 0 Å². The molecule has 1 spiro atoms. The average molecular weight is 260 g/mol. The van der Waals surface area contributed by atoms with Crippen LogP contribution in [0.2, 0.25) is 0 Å². The van der Waals surface area contributed by atoms with Crippen molar-refractivity contribution >= 4 is 15.9 Å². The monoisotopic (exact) mass is 260 g/mol. The van der Waals surface area contributed by atoms with E-state index in [0.717, 1.165) is 13.0 Å². The van der Waals surface area contributed by atoms with Gasteiger partial charge in [-0.1, -0.05) is 0 Å². The first-order valence-electron chi connectivity index (χ1n) is 6.02. The Bertz CT molecular complexity index is 432. The molecule has 2 aliphatic heterocycles. The van der Waals surface area contributed by atoms with Crippen molar-refractivity contribution in [3.63, 3.8) is 0 Å². The molecule has 0 aromatic carbocycles. The van der Waals surface area contributed by atoms with Gasteiger partial charge in [0.15, 0.2) is 0 Å². The number of likely N-dealkylation sites (tertiary alicyclic amines) is 1. The fourth-order valence-corrected chi connectivity index (χ4v) is 3.74. The Morgan fingerprint density at radius 1 is 1.24 bits per heavy atom. The van der Waals surface area contributed by atoms with Crippen molar-refractivity contribution in [1.82, 2.24) is 9.21 Å². The van der Waals surface area contributed by atoms with Crippen molar-refractivity contribution in [3.8, 4) is 0 Å². The second-order valence-corrected chi connectivity index (χ2v) is 7.45. The zero-order valence-electron chi connectivity index (χ0n) is 10.6. The lowest BCUT2D eigenvalue weighted by atomic mass is 9.86. The van der Waals surface area contributed by atoms with Crippen molar-refractivity contribution in [2.45, 2.75) is 32.7 Å². The first-order chi connectivity index (χ1) is 7.76. The molecule has 0 radical (unpaired) electrons. The van der Waals surface area contributed by atoms with Crippen LogP contribution < -0.4 is 0 Å². The van der Waals surface area contributed by atoms with Gasteiger partial charge in [-0.05, 0) is 26.7 Å². The second-order valence-electron chi connectivity index (χ2n) is 5.47. The first-order valence-corrected chi connectivity index (χ1v) is 7.87. The zero-order valence-corrected chi connectivity index (χ0v) is 11.5. The molecule has 0 aliphatic carbocycles. The van der Waals surface area contributed by atoms with Gasteiger partial charge in [0.05, 0.1) is 11.7 Å². The van der Waals surface area contributed by atoms with Crippen LogP contribution in [0.5, 0.6) is 0 Å². The summed E-state index contributed by atoms with van der Waals surface area (Å²) in [6, 6.07) is 0.203. The van der Waals surface area contributed by atoms with Gasteiger partial charge in [-0.15, -0.1) is 0 Å².